The van der Waals surface area contributed by atoms with Gasteiger partial charge in [-0.15, -0.1) is 0 Å². The van der Waals surface area contributed by atoms with E-state index in [-0.39, 0.29) is 6.04 Å². The van der Waals surface area contributed by atoms with Gasteiger partial charge in [-0.25, -0.2) is 0 Å². The number of benzene rings is 2. The fraction of sp³-hybridized carbons (Fsp3) is 0.316. The Morgan fingerprint density at radius 2 is 1.74 bits per heavy atom. The van der Waals surface area contributed by atoms with Crippen molar-refractivity contribution in [1.82, 2.24) is 4.90 Å². The number of likely N-dealkylation sites (N-methyl/N-ethyl adjacent to an activating group) is 1. The number of aryl methyl sites for hydroxylation is 1. The van der Waals surface area contributed by atoms with Crippen LogP contribution in [0.3, 0.4) is 0 Å². The van der Waals surface area contributed by atoms with Gasteiger partial charge >= 0.3 is 0 Å². The minimum atomic E-state index is 0.206. The van der Waals surface area contributed by atoms with Crippen LogP contribution in [-0.4, -0.2) is 31.5 Å². The number of para-hydroxylation sites is 1. The Kier molecular flexibility index (Phi) is 6.18. The highest BCUT2D eigenvalue weighted by Crippen LogP contribution is 2.19. The van der Waals surface area contributed by atoms with Gasteiger partial charge in [0.25, 0.3) is 0 Å². The van der Waals surface area contributed by atoms with E-state index in [0.717, 1.165) is 12.1 Å². The van der Waals surface area contributed by atoms with Crippen LogP contribution in [0.4, 0.5) is 5.69 Å². The number of anilines is 1. The predicted molar refractivity (Wildman–Crippen MR) is 98.8 cm³/mol. The van der Waals surface area contributed by atoms with Crippen LogP contribution in [0.15, 0.2) is 59.6 Å². The van der Waals surface area contributed by atoms with Gasteiger partial charge in [-0.3, -0.25) is 4.99 Å². The van der Waals surface area contributed by atoms with Gasteiger partial charge in [0, 0.05) is 5.69 Å². The van der Waals surface area contributed by atoms with Crippen LogP contribution >= 0.6 is 0 Å². The third-order valence-corrected chi connectivity index (χ3v) is 3.88. The molecule has 4 nitrogen and oxygen atoms in total. The fourth-order valence-corrected chi connectivity index (χ4v) is 2.44. The zero-order valence-electron chi connectivity index (χ0n) is 14.2. The van der Waals surface area contributed by atoms with Crippen LogP contribution in [-0.2, 0) is 6.42 Å². The van der Waals surface area contributed by atoms with Crippen molar-refractivity contribution < 1.29 is 0 Å². The lowest BCUT2D eigenvalue weighted by atomic mass is 10.0. The lowest BCUT2D eigenvalue weighted by Gasteiger charge is -2.23. The molecule has 0 amide bonds. The van der Waals surface area contributed by atoms with E-state index in [1.165, 1.54) is 11.1 Å². The number of guanidine groups is 1. The van der Waals surface area contributed by atoms with Crippen molar-refractivity contribution >= 4 is 11.6 Å². The zero-order chi connectivity index (χ0) is 16.7. The van der Waals surface area contributed by atoms with Gasteiger partial charge in [-0.2, -0.15) is 0 Å². The van der Waals surface area contributed by atoms with Crippen LogP contribution in [0.2, 0.25) is 0 Å². The summed E-state index contributed by atoms with van der Waals surface area (Å²) in [6.45, 7) is 2.78. The molecule has 0 heterocycles. The Labute approximate surface area is 139 Å². The molecule has 0 radical (unpaired) electrons. The third kappa shape index (κ3) is 5.11. The van der Waals surface area contributed by atoms with Crippen LogP contribution < -0.4 is 11.1 Å². The van der Waals surface area contributed by atoms with Crippen molar-refractivity contribution in [2.75, 3.05) is 26.0 Å². The van der Waals surface area contributed by atoms with E-state index in [1.54, 1.807) is 0 Å². The average molecular weight is 310 g/mol. The lowest BCUT2D eigenvalue weighted by molar-refractivity contribution is 0.306. The van der Waals surface area contributed by atoms with Gasteiger partial charge < -0.3 is 16.0 Å². The maximum Gasteiger partial charge on any atom is 0.193 e. The van der Waals surface area contributed by atoms with Gasteiger partial charge in [0.2, 0.25) is 0 Å². The number of rotatable bonds is 6. The van der Waals surface area contributed by atoms with Crippen LogP contribution in [0.25, 0.3) is 0 Å². The summed E-state index contributed by atoms with van der Waals surface area (Å²) < 4.78 is 0. The summed E-state index contributed by atoms with van der Waals surface area (Å²) in [5.41, 5.74) is 9.55. The first-order valence-electron chi connectivity index (χ1n) is 7.97. The summed E-state index contributed by atoms with van der Waals surface area (Å²) in [4.78, 5) is 6.67. The Bertz CT molecular complexity index is 618. The van der Waals surface area contributed by atoms with E-state index in [1.807, 2.05) is 30.3 Å². The van der Waals surface area contributed by atoms with Gasteiger partial charge in [0.15, 0.2) is 5.96 Å². The maximum atomic E-state index is 6.00. The van der Waals surface area contributed by atoms with Crippen molar-refractivity contribution in [1.29, 1.82) is 0 Å². The number of nitrogens with zero attached hydrogens (tertiary/aromatic N) is 2. The van der Waals surface area contributed by atoms with Crippen molar-refractivity contribution in [3.05, 3.63) is 65.7 Å². The van der Waals surface area contributed by atoms with E-state index >= 15 is 0 Å². The number of aliphatic imine (C=N–C) groups is 1. The summed E-state index contributed by atoms with van der Waals surface area (Å²) in [6, 6.07) is 18.8. The Hall–Kier alpha value is -2.33. The molecule has 0 saturated carbocycles. The van der Waals surface area contributed by atoms with Crippen molar-refractivity contribution in [2.45, 2.75) is 19.4 Å². The van der Waals surface area contributed by atoms with Crippen molar-refractivity contribution in [2.24, 2.45) is 10.7 Å². The van der Waals surface area contributed by atoms with Crippen LogP contribution in [0.1, 0.15) is 24.1 Å². The highest BCUT2D eigenvalue weighted by atomic mass is 15.1. The van der Waals surface area contributed by atoms with E-state index in [9.17, 15) is 0 Å². The Balaban J connectivity index is 2.05. The first-order valence-corrected chi connectivity index (χ1v) is 7.97. The number of hydrogen-bond donors (Lipinski definition) is 2. The molecule has 0 bridgehead atoms. The molecule has 3 N–H and O–H groups in total. The quantitative estimate of drug-likeness (QED) is 0.636. The number of nitrogens with two attached hydrogens (primary N) is 1. The summed E-state index contributed by atoms with van der Waals surface area (Å²) in [5.74, 6) is 0.438. The predicted octanol–water partition coefficient (Wildman–Crippen LogP) is 3.28. The molecule has 1 unspecified atom stereocenters. The summed E-state index contributed by atoms with van der Waals surface area (Å²) in [5, 5.41) is 3.12. The van der Waals surface area contributed by atoms with Gasteiger partial charge in [0.05, 0.1) is 12.6 Å². The largest absolute Gasteiger partial charge is 0.370 e. The smallest absolute Gasteiger partial charge is 0.193 e. The maximum absolute atomic E-state index is 6.00. The topological polar surface area (TPSA) is 53.6 Å². The molecule has 1 atom stereocenters. The lowest BCUT2D eigenvalue weighted by Crippen LogP contribution is -2.27. The van der Waals surface area contributed by atoms with Crippen LogP contribution in [0, 0.1) is 0 Å². The van der Waals surface area contributed by atoms with E-state index < -0.39 is 0 Å². The molecule has 2 aromatic carbocycles. The summed E-state index contributed by atoms with van der Waals surface area (Å²) in [6.07, 6.45) is 1.05. The second-order valence-corrected chi connectivity index (χ2v) is 5.79. The van der Waals surface area contributed by atoms with E-state index in [0.29, 0.717) is 12.5 Å². The number of nitrogens with one attached hydrogen (secondary N) is 1. The zero-order valence-corrected chi connectivity index (χ0v) is 14.2. The molecule has 122 valence electrons. The minimum Gasteiger partial charge on any atom is -0.370 e. The standard InChI is InChI=1S/C19H26N4/c1-4-15-10-12-16(13-11-15)18(23(2)3)14-21-19(20)22-17-8-6-5-7-9-17/h5-13,18H,4,14H2,1-3H3,(H3,20,21,22). The monoisotopic (exact) mass is 310 g/mol. The summed E-state index contributed by atoms with van der Waals surface area (Å²) in [7, 11) is 4.13. The Morgan fingerprint density at radius 3 is 2.30 bits per heavy atom. The molecule has 0 aromatic heterocycles. The third-order valence-electron chi connectivity index (χ3n) is 3.88. The van der Waals surface area contributed by atoms with E-state index in [2.05, 4.69) is 60.5 Å². The molecule has 0 aliphatic carbocycles. The molecule has 2 rings (SSSR count). The highest BCUT2D eigenvalue weighted by Gasteiger charge is 2.13. The molecule has 0 fully saturated rings. The molecule has 2 aromatic rings. The summed E-state index contributed by atoms with van der Waals surface area (Å²) >= 11 is 0. The van der Waals surface area contributed by atoms with Gasteiger partial charge in [-0.1, -0.05) is 49.4 Å². The first-order chi connectivity index (χ1) is 11.1. The normalized spacial score (nSPS) is 13.1. The molecule has 0 aliphatic heterocycles. The highest BCUT2D eigenvalue weighted by molar-refractivity contribution is 5.92. The molecular formula is C19H26N4. The molecule has 0 spiro atoms. The SMILES string of the molecule is CCc1ccc(C(CN=C(N)Nc2ccccc2)N(C)C)cc1. The second-order valence-electron chi connectivity index (χ2n) is 5.79. The minimum absolute atomic E-state index is 0.206. The van der Waals surface area contributed by atoms with E-state index in [4.69, 9.17) is 5.73 Å². The molecule has 0 saturated heterocycles. The van der Waals surface area contributed by atoms with Crippen LogP contribution in [0.5, 0.6) is 0 Å². The van der Waals surface area contributed by atoms with Crippen molar-refractivity contribution in [3.63, 3.8) is 0 Å². The Morgan fingerprint density at radius 1 is 1.09 bits per heavy atom. The first kappa shape index (κ1) is 17.0. The average Bonchev–Trinajstić information content (AvgIpc) is 2.56. The molecule has 4 heteroatoms. The fourth-order valence-electron chi connectivity index (χ4n) is 2.44. The molecule has 0 aliphatic rings. The molecule has 23 heavy (non-hydrogen) atoms. The second kappa shape index (κ2) is 8.34. The van der Waals surface area contributed by atoms with Crippen molar-refractivity contribution in [3.8, 4) is 0 Å². The van der Waals surface area contributed by atoms with Gasteiger partial charge in [0.1, 0.15) is 0 Å². The number of hydrogen-bond acceptors (Lipinski definition) is 2. The van der Waals surface area contributed by atoms with Gasteiger partial charge in [-0.05, 0) is 43.8 Å². The molecular weight excluding hydrogens is 284 g/mol.